The van der Waals surface area contributed by atoms with Gasteiger partial charge in [0.1, 0.15) is 23.4 Å². The summed E-state index contributed by atoms with van der Waals surface area (Å²) in [5, 5.41) is 5.67. The van der Waals surface area contributed by atoms with Crippen molar-refractivity contribution in [1.29, 1.82) is 0 Å². The number of methoxy groups -OCH3 is 1. The smallest absolute Gasteiger partial charge is 0.408 e. The maximum atomic E-state index is 13.9. The third-order valence-electron chi connectivity index (χ3n) is 5.62. The largest absolute Gasteiger partial charge is 0.497 e. The van der Waals surface area contributed by atoms with Crippen molar-refractivity contribution in [3.05, 3.63) is 59.7 Å². The predicted octanol–water partition coefficient (Wildman–Crippen LogP) is 5.18. The van der Waals surface area contributed by atoms with Crippen LogP contribution in [0.3, 0.4) is 0 Å². The van der Waals surface area contributed by atoms with Crippen molar-refractivity contribution in [2.45, 2.75) is 58.7 Å². The lowest BCUT2D eigenvalue weighted by Gasteiger charge is -2.34. The van der Waals surface area contributed by atoms with Crippen LogP contribution in [-0.2, 0) is 14.3 Å². The minimum absolute atomic E-state index is 0.264. The fraction of sp³-hybridized carbons (Fsp3) is 0.464. The number of likely N-dealkylation sites (N-methyl/N-ethyl adjacent to an activating group) is 1. The Kier molecular flexibility index (Phi) is 11.3. The van der Waals surface area contributed by atoms with Crippen molar-refractivity contribution in [2.24, 2.45) is 0 Å². The molecule has 0 radical (unpaired) electrons. The van der Waals surface area contributed by atoms with Crippen molar-refractivity contribution in [1.82, 2.24) is 10.2 Å². The zero-order chi connectivity index (χ0) is 27.6. The van der Waals surface area contributed by atoms with E-state index in [1.54, 1.807) is 63.9 Å². The Labute approximate surface area is 224 Å². The van der Waals surface area contributed by atoms with E-state index in [9.17, 15) is 14.4 Å². The number of hydrogen-bond donors (Lipinski definition) is 2. The molecule has 37 heavy (non-hydrogen) atoms. The van der Waals surface area contributed by atoms with Crippen LogP contribution in [0, 0.1) is 6.92 Å². The monoisotopic (exact) mass is 529 g/mol. The van der Waals surface area contributed by atoms with Gasteiger partial charge in [0.25, 0.3) is 5.91 Å². The Morgan fingerprint density at radius 2 is 1.70 bits per heavy atom. The minimum Gasteiger partial charge on any atom is -0.497 e. The molecular formula is C28H39N3O5S. The first-order valence-electron chi connectivity index (χ1n) is 12.3. The first-order valence-corrected chi connectivity index (χ1v) is 13.7. The number of aryl methyl sites for hydroxylation is 1. The van der Waals surface area contributed by atoms with Crippen LogP contribution < -0.4 is 15.4 Å². The van der Waals surface area contributed by atoms with E-state index in [4.69, 9.17) is 9.47 Å². The number of benzene rings is 2. The summed E-state index contributed by atoms with van der Waals surface area (Å²) in [7, 11) is 1.57. The van der Waals surface area contributed by atoms with Gasteiger partial charge in [0.2, 0.25) is 5.91 Å². The Morgan fingerprint density at radius 3 is 2.24 bits per heavy atom. The molecule has 0 aromatic heterocycles. The number of alkyl carbamates (subject to hydrolysis) is 1. The molecule has 0 aliphatic rings. The number of hydrogen-bond acceptors (Lipinski definition) is 6. The van der Waals surface area contributed by atoms with E-state index in [0.717, 1.165) is 5.56 Å². The average Bonchev–Trinajstić information content (AvgIpc) is 2.84. The molecule has 2 unspecified atom stereocenters. The Bertz CT molecular complexity index is 1050. The van der Waals surface area contributed by atoms with Gasteiger partial charge in [-0.25, -0.2) is 4.79 Å². The van der Waals surface area contributed by atoms with Crippen LogP contribution in [0.5, 0.6) is 5.75 Å². The fourth-order valence-corrected chi connectivity index (χ4v) is 4.31. The number of nitrogens with one attached hydrogen (secondary N) is 2. The molecule has 2 atom stereocenters. The van der Waals surface area contributed by atoms with Gasteiger partial charge in [0.15, 0.2) is 0 Å². The van der Waals surface area contributed by atoms with E-state index in [2.05, 4.69) is 10.6 Å². The lowest BCUT2D eigenvalue weighted by atomic mass is 9.98. The number of thioether (sulfide) groups is 1. The Hall–Kier alpha value is -3.20. The number of rotatable bonds is 11. The second kappa shape index (κ2) is 13.9. The van der Waals surface area contributed by atoms with Gasteiger partial charge in [-0.3, -0.25) is 9.59 Å². The summed E-state index contributed by atoms with van der Waals surface area (Å²) in [6.45, 7) is 9.29. The minimum atomic E-state index is -0.905. The van der Waals surface area contributed by atoms with Gasteiger partial charge < -0.3 is 25.0 Å². The number of nitrogens with zero attached hydrogens (tertiary/aromatic N) is 1. The van der Waals surface area contributed by atoms with Crippen LogP contribution >= 0.6 is 11.8 Å². The predicted molar refractivity (Wildman–Crippen MR) is 149 cm³/mol. The van der Waals surface area contributed by atoms with Gasteiger partial charge in [-0.1, -0.05) is 24.3 Å². The summed E-state index contributed by atoms with van der Waals surface area (Å²) in [5.74, 6) is 0.622. The molecule has 2 N–H and O–H groups in total. The van der Waals surface area contributed by atoms with Crippen LogP contribution in [0.15, 0.2) is 48.5 Å². The first-order chi connectivity index (χ1) is 17.5. The third kappa shape index (κ3) is 9.00. The molecule has 0 aliphatic carbocycles. The molecule has 0 saturated carbocycles. The van der Waals surface area contributed by atoms with Crippen LogP contribution in [0.2, 0.25) is 0 Å². The van der Waals surface area contributed by atoms with E-state index in [0.29, 0.717) is 29.2 Å². The summed E-state index contributed by atoms with van der Waals surface area (Å²) in [6.07, 6.45) is 1.67. The Balaban J connectivity index is 2.42. The average molecular weight is 530 g/mol. The van der Waals surface area contributed by atoms with Gasteiger partial charge in [0, 0.05) is 12.2 Å². The van der Waals surface area contributed by atoms with E-state index in [-0.39, 0.29) is 18.4 Å². The maximum Gasteiger partial charge on any atom is 0.408 e. The molecule has 0 saturated heterocycles. The van der Waals surface area contributed by atoms with Crippen LogP contribution in [-0.4, -0.2) is 60.1 Å². The van der Waals surface area contributed by atoms with E-state index >= 15 is 0 Å². The molecular weight excluding hydrogens is 490 g/mol. The van der Waals surface area contributed by atoms with Crippen molar-refractivity contribution < 1.29 is 23.9 Å². The number of ether oxygens (including phenoxy) is 2. The topological polar surface area (TPSA) is 97.0 Å². The van der Waals surface area contributed by atoms with Crippen molar-refractivity contribution in [3.63, 3.8) is 0 Å². The van der Waals surface area contributed by atoms with Gasteiger partial charge in [-0.15, -0.1) is 0 Å². The zero-order valence-corrected chi connectivity index (χ0v) is 23.6. The molecule has 2 aromatic rings. The van der Waals surface area contributed by atoms with Crippen molar-refractivity contribution in [2.75, 3.05) is 31.0 Å². The highest BCUT2D eigenvalue weighted by Gasteiger charge is 2.36. The molecule has 0 aliphatic heterocycles. The van der Waals surface area contributed by atoms with Crippen molar-refractivity contribution >= 4 is 35.4 Å². The lowest BCUT2D eigenvalue weighted by Crippen LogP contribution is -2.52. The van der Waals surface area contributed by atoms with Crippen LogP contribution in [0.4, 0.5) is 10.5 Å². The van der Waals surface area contributed by atoms with Crippen molar-refractivity contribution in [3.8, 4) is 5.75 Å². The van der Waals surface area contributed by atoms with Gasteiger partial charge in [-0.05, 0) is 88.4 Å². The summed E-state index contributed by atoms with van der Waals surface area (Å²) < 4.78 is 10.6. The van der Waals surface area contributed by atoms with E-state index < -0.39 is 23.8 Å². The quantitative estimate of drug-likeness (QED) is 0.416. The highest BCUT2D eigenvalue weighted by molar-refractivity contribution is 7.98. The number of anilines is 1. The SMILES string of the molecule is CCN(C(=O)C(CCSC)NC(=O)OC(C)(C)C)C(C(=O)Nc1ccc(OC)cc1)c1ccccc1C. The summed E-state index contributed by atoms with van der Waals surface area (Å²) in [6, 6.07) is 12.7. The number of amides is 3. The first kappa shape index (κ1) is 30.0. The summed E-state index contributed by atoms with van der Waals surface area (Å²) in [5.41, 5.74) is 1.47. The number of carbonyl (C=O) groups excluding carboxylic acids is 3. The standard InChI is InChI=1S/C28H39N3O5S/c1-8-31(26(33)23(17-18-37-7)30-27(34)36-28(3,4)5)24(22-12-10-9-11-19(22)2)25(32)29-20-13-15-21(35-6)16-14-20/h9-16,23-24H,8,17-18H2,1-7H3,(H,29,32)(H,30,34). The fourth-order valence-electron chi connectivity index (χ4n) is 3.84. The van der Waals surface area contributed by atoms with Crippen LogP contribution in [0.25, 0.3) is 0 Å². The summed E-state index contributed by atoms with van der Waals surface area (Å²) in [4.78, 5) is 41.7. The molecule has 8 nitrogen and oxygen atoms in total. The lowest BCUT2D eigenvalue weighted by molar-refractivity contribution is -0.140. The second-order valence-corrected chi connectivity index (χ2v) is 10.6. The highest BCUT2D eigenvalue weighted by Crippen LogP contribution is 2.27. The molecule has 0 spiro atoms. The third-order valence-corrected chi connectivity index (χ3v) is 6.27. The molecule has 0 bridgehead atoms. The van der Waals surface area contributed by atoms with E-state index in [1.807, 2.05) is 44.4 Å². The molecule has 3 amide bonds. The van der Waals surface area contributed by atoms with Gasteiger partial charge >= 0.3 is 6.09 Å². The highest BCUT2D eigenvalue weighted by atomic mass is 32.2. The Morgan fingerprint density at radius 1 is 1.05 bits per heavy atom. The maximum absolute atomic E-state index is 13.9. The molecule has 2 aromatic carbocycles. The second-order valence-electron chi connectivity index (χ2n) is 9.58. The summed E-state index contributed by atoms with van der Waals surface area (Å²) >= 11 is 1.57. The molecule has 2 rings (SSSR count). The molecule has 0 heterocycles. The molecule has 202 valence electrons. The molecule has 9 heteroatoms. The normalized spacial score (nSPS) is 12.7. The zero-order valence-electron chi connectivity index (χ0n) is 22.8. The van der Waals surface area contributed by atoms with Crippen LogP contribution in [0.1, 0.15) is 51.3 Å². The van der Waals surface area contributed by atoms with Gasteiger partial charge in [0.05, 0.1) is 7.11 Å². The van der Waals surface area contributed by atoms with Gasteiger partial charge in [-0.2, -0.15) is 11.8 Å². The molecule has 0 fully saturated rings. The number of carbonyl (C=O) groups is 3. The van der Waals surface area contributed by atoms with E-state index in [1.165, 1.54) is 4.90 Å².